The van der Waals surface area contributed by atoms with E-state index < -0.39 is 6.61 Å². The molecule has 0 radical (unpaired) electrons. The number of nitrogens with one attached hydrogen (secondary N) is 1. The minimum absolute atomic E-state index is 0.156. The van der Waals surface area contributed by atoms with Gasteiger partial charge in [0.25, 0.3) is 0 Å². The Hall–Kier alpha value is -1.69. The second kappa shape index (κ2) is 5.58. The van der Waals surface area contributed by atoms with Gasteiger partial charge >= 0.3 is 6.61 Å². The number of ether oxygens (including phenoxy) is 1. The number of halogens is 2. The maximum absolute atomic E-state index is 11.9. The average Bonchev–Trinajstić information content (AvgIpc) is 2.80. The monoisotopic (exact) mass is 256 g/mol. The van der Waals surface area contributed by atoms with Crippen molar-refractivity contribution >= 4 is 17.0 Å². The van der Waals surface area contributed by atoms with Crippen LogP contribution in [0.1, 0.15) is 4.88 Å². The normalized spacial score (nSPS) is 10.5. The lowest BCUT2D eigenvalue weighted by Gasteiger charge is -2.07. The third-order valence-corrected chi connectivity index (χ3v) is 2.81. The zero-order chi connectivity index (χ0) is 12.1. The smallest absolute Gasteiger partial charge is 0.387 e. The summed E-state index contributed by atoms with van der Waals surface area (Å²) < 4.78 is 28.1. The van der Waals surface area contributed by atoms with Crippen molar-refractivity contribution in [2.75, 3.05) is 5.32 Å². The summed E-state index contributed by atoms with van der Waals surface area (Å²) in [5, 5.41) is 3.15. The first-order valence-electron chi connectivity index (χ1n) is 4.90. The SMILES string of the molecule is FC(F)Oc1ccc(NCc2cncs2)cc1. The summed E-state index contributed by atoms with van der Waals surface area (Å²) in [6.45, 7) is -2.12. The van der Waals surface area contributed by atoms with Crippen LogP contribution < -0.4 is 10.1 Å². The Morgan fingerprint density at radius 3 is 2.65 bits per heavy atom. The molecule has 0 fully saturated rings. The molecule has 1 N–H and O–H groups in total. The van der Waals surface area contributed by atoms with Crippen LogP contribution in [0, 0.1) is 0 Å². The predicted molar refractivity (Wildman–Crippen MR) is 62.5 cm³/mol. The van der Waals surface area contributed by atoms with Crippen LogP contribution in [0.4, 0.5) is 14.5 Å². The predicted octanol–water partition coefficient (Wildman–Crippen LogP) is 3.36. The molecule has 1 aromatic carbocycles. The Morgan fingerprint density at radius 2 is 2.06 bits per heavy atom. The molecule has 0 bridgehead atoms. The molecule has 0 atom stereocenters. The van der Waals surface area contributed by atoms with Gasteiger partial charge in [0.2, 0.25) is 0 Å². The second-order valence-corrected chi connectivity index (χ2v) is 4.20. The quantitative estimate of drug-likeness (QED) is 0.890. The van der Waals surface area contributed by atoms with Gasteiger partial charge in [-0.15, -0.1) is 11.3 Å². The molecule has 0 amide bonds. The van der Waals surface area contributed by atoms with E-state index in [0.29, 0.717) is 6.54 Å². The number of alkyl halides is 2. The van der Waals surface area contributed by atoms with E-state index in [2.05, 4.69) is 15.0 Å². The fourth-order valence-electron chi connectivity index (χ4n) is 1.27. The third kappa shape index (κ3) is 3.67. The summed E-state index contributed by atoms with van der Waals surface area (Å²) in [5.41, 5.74) is 2.61. The fourth-order valence-corrected chi connectivity index (χ4v) is 1.81. The summed E-state index contributed by atoms with van der Waals surface area (Å²) in [6, 6.07) is 6.39. The maximum atomic E-state index is 11.9. The molecule has 17 heavy (non-hydrogen) atoms. The van der Waals surface area contributed by atoms with Crippen molar-refractivity contribution in [1.29, 1.82) is 0 Å². The van der Waals surface area contributed by atoms with Crippen molar-refractivity contribution in [2.24, 2.45) is 0 Å². The van der Waals surface area contributed by atoms with Crippen LogP contribution in [0.2, 0.25) is 0 Å². The molecule has 0 saturated carbocycles. The topological polar surface area (TPSA) is 34.1 Å². The van der Waals surface area contributed by atoms with Crippen molar-refractivity contribution in [3.8, 4) is 5.75 Å². The first kappa shape index (κ1) is 11.8. The van der Waals surface area contributed by atoms with E-state index in [-0.39, 0.29) is 5.75 Å². The Bertz CT molecular complexity index is 445. The van der Waals surface area contributed by atoms with Crippen LogP contribution in [0.15, 0.2) is 36.0 Å². The van der Waals surface area contributed by atoms with Gasteiger partial charge in [0.05, 0.1) is 12.1 Å². The molecule has 0 aliphatic rings. The Morgan fingerprint density at radius 1 is 1.29 bits per heavy atom. The number of aromatic nitrogens is 1. The number of rotatable bonds is 5. The van der Waals surface area contributed by atoms with E-state index in [4.69, 9.17) is 0 Å². The van der Waals surface area contributed by atoms with E-state index in [1.165, 1.54) is 12.1 Å². The molecule has 0 aliphatic heterocycles. The lowest BCUT2D eigenvalue weighted by atomic mass is 10.3. The van der Waals surface area contributed by atoms with Crippen LogP contribution in [0.25, 0.3) is 0 Å². The molecule has 3 nitrogen and oxygen atoms in total. The van der Waals surface area contributed by atoms with Crippen LogP contribution in [0.5, 0.6) is 5.75 Å². The molecule has 2 aromatic rings. The highest BCUT2D eigenvalue weighted by Crippen LogP contribution is 2.18. The van der Waals surface area contributed by atoms with Gasteiger partial charge < -0.3 is 10.1 Å². The number of nitrogens with zero attached hydrogens (tertiary/aromatic N) is 1. The van der Waals surface area contributed by atoms with E-state index in [1.54, 1.807) is 35.2 Å². The van der Waals surface area contributed by atoms with Crippen molar-refractivity contribution in [3.05, 3.63) is 40.8 Å². The molecule has 1 heterocycles. The van der Waals surface area contributed by atoms with E-state index in [9.17, 15) is 8.78 Å². The molecule has 6 heteroatoms. The first-order valence-corrected chi connectivity index (χ1v) is 5.78. The van der Waals surface area contributed by atoms with Crippen LogP contribution in [0.3, 0.4) is 0 Å². The highest BCUT2D eigenvalue weighted by molar-refractivity contribution is 7.09. The molecule has 0 aliphatic carbocycles. The highest BCUT2D eigenvalue weighted by atomic mass is 32.1. The van der Waals surface area contributed by atoms with Gasteiger partial charge in [-0.25, -0.2) is 0 Å². The van der Waals surface area contributed by atoms with Crippen LogP contribution >= 0.6 is 11.3 Å². The fraction of sp³-hybridized carbons (Fsp3) is 0.182. The minimum atomic E-state index is -2.79. The Balaban J connectivity index is 1.89. The molecular formula is C11H10F2N2OS. The van der Waals surface area contributed by atoms with Gasteiger partial charge in [-0.05, 0) is 24.3 Å². The summed E-state index contributed by atoms with van der Waals surface area (Å²) in [7, 11) is 0. The molecule has 2 rings (SSSR count). The lowest BCUT2D eigenvalue weighted by Crippen LogP contribution is -2.02. The number of hydrogen-bond donors (Lipinski definition) is 1. The van der Waals surface area contributed by atoms with Gasteiger partial charge in [-0.3, -0.25) is 4.98 Å². The highest BCUT2D eigenvalue weighted by Gasteiger charge is 2.03. The minimum Gasteiger partial charge on any atom is -0.435 e. The molecule has 0 unspecified atom stereocenters. The molecular weight excluding hydrogens is 246 g/mol. The maximum Gasteiger partial charge on any atom is 0.387 e. The lowest BCUT2D eigenvalue weighted by molar-refractivity contribution is -0.0498. The van der Waals surface area contributed by atoms with Crippen molar-refractivity contribution in [2.45, 2.75) is 13.2 Å². The van der Waals surface area contributed by atoms with E-state index in [0.717, 1.165) is 10.6 Å². The standard InChI is InChI=1S/C11H10F2N2OS/c12-11(13)16-9-3-1-8(2-4-9)15-6-10-5-14-7-17-10/h1-5,7,11,15H,6H2. The Labute approximate surface area is 101 Å². The third-order valence-electron chi connectivity index (χ3n) is 2.03. The number of thiazole rings is 1. The van der Waals surface area contributed by atoms with E-state index in [1.807, 2.05) is 0 Å². The summed E-state index contributed by atoms with van der Waals surface area (Å²) in [5.74, 6) is 0.156. The van der Waals surface area contributed by atoms with Gasteiger partial charge in [0.1, 0.15) is 5.75 Å². The summed E-state index contributed by atoms with van der Waals surface area (Å²) in [6.07, 6.45) is 1.78. The average molecular weight is 256 g/mol. The van der Waals surface area contributed by atoms with Gasteiger partial charge in [0.15, 0.2) is 0 Å². The second-order valence-electron chi connectivity index (χ2n) is 3.22. The molecule has 0 saturated heterocycles. The van der Waals surface area contributed by atoms with Gasteiger partial charge in [0, 0.05) is 16.8 Å². The molecule has 1 aromatic heterocycles. The van der Waals surface area contributed by atoms with Crippen LogP contribution in [-0.2, 0) is 6.54 Å². The number of hydrogen-bond acceptors (Lipinski definition) is 4. The zero-order valence-corrected chi connectivity index (χ0v) is 9.58. The van der Waals surface area contributed by atoms with Crippen LogP contribution in [-0.4, -0.2) is 11.6 Å². The molecule has 90 valence electrons. The van der Waals surface area contributed by atoms with E-state index >= 15 is 0 Å². The molecule has 0 spiro atoms. The first-order chi connectivity index (χ1) is 8.24. The zero-order valence-electron chi connectivity index (χ0n) is 8.77. The van der Waals surface area contributed by atoms with Crippen molar-refractivity contribution in [1.82, 2.24) is 4.98 Å². The van der Waals surface area contributed by atoms with Crippen molar-refractivity contribution in [3.63, 3.8) is 0 Å². The number of anilines is 1. The van der Waals surface area contributed by atoms with Gasteiger partial charge in [-0.1, -0.05) is 0 Å². The summed E-state index contributed by atoms with van der Waals surface area (Å²) >= 11 is 1.56. The van der Waals surface area contributed by atoms with Crippen molar-refractivity contribution < 1.29 is 13.5 Å². The summed E-state index contributed by atoms with van der Waals surface area (Å²) in [4.78, 5) is 5.07. The Kier molecular flexibility index (Phi) is 3.87. The van der Waals surface area contributed by atoms with Gasteiger partial charge in [-0.2, -0.15) is 8.78 Å². The number of benzene rings is 1. The largest absolute Gasteiger partial charge is 0.435 e.